The monoisotopic (exact) mass is 162 g/mol. The third-order valence-corrected chi connectivity index (χ3v) is 0.805. The molecule has 0 fully saturated rings. The second kappa shape index (κ2) is 8.72. The Labute approximate surface area is 83.2 Å². The van der Waals surface area contributed by atoms with E-state index >= 15 is 0 Å². The van der Waals surface area contributed by atoms with Gasteiger partial charge in [0, 0.05) is 0 Å². The number of nitrogens with two attached hydrogens (primary N) is 2. The van der Waals surface area contributed by atoms with Crippen LogP contribution in [0.15, 0.2) is 0 Å². The van der Waals surface area contributed by atoms with E-state index in [1.807, 2.05) is 6.92 Å². The van der Waals surface area contributed by atoms with Crippen LogP contribution in [-0.2, 0) is 4.79 Å². The quantitative estimate of drug-likeness (QED) is 0.511. The van der Waals surface area contributed by atoms with Crippen molar-refractivity contribution in [2.75, 3.05) is 0 Å². The minimum absolute atomic E-state index is 0. The van der Waals surface area contributed by atoms with Crippen LogP contribution in [0.4, 0.5) is 0 Å². The fraction of sp³-hybridized carbons (Fsp3) is 0.750. The van der Waals surface area contributed by atoms with Crippen LogP contribution in [-0.4, -0.2) is 41.5 Å². The molecule has 1 unspecified atom stereocenters. The van der Waals surface area contributed by atoms with Gasteiger partial charge in [0.05, 0.1) is 6.04 Å². The normalized spacial score (nSPS) is 10.4. The maximum absolute atomic E-state index is 10.0. The molecule has 0 aliphatic heterocycles. The number of amides is 1. The molecule has 0 radical (unpaired) electrons. The van der Waals surface area contributed by atoms with E-state index in [9.17, 15) is 4.79 Å². The molecule has 0 rings (SSSR count). The predicted molar refractivity (Wildman–Crippen MR) is 41.9 cm³/mol. The number of halogens is 1. The van der Waals surface area contributed by atoms with Gasteiger partial charge in [-0.05, 0) is 6.42 Å². The molecular weight excluding hydrogens is 150 g/mol. The van der Waals surface area contributed by atoms with E-state index in [0.29, 0.717) is 6.42 Å². The van der Waals surface area contributed by atoms with Crippen LogP contribution < -0.4 is 11.5 Å². The van der Waals surface area contributed by atoms with E-state index in [0.717, 1.165) is 0 Å². The second-order valence-electron chi connectivity index (χ2n) is 1.42. The molecule has 0 bridgehead atoms. The summed E-state index contributed by atoms with van der Waals surface area (Å²) in [6.07, 6.45) is 0.620. The first-order valence-corrected chi connectivity index (χ1v) is 2.23. The third kappa shape index (κ3) is 8.72. The van der Waals surface area contributed by atoms with Crippen molar-refractivity contribution in [2.45, 2.75) is 19.4 Å². The fourth-order valence-corrected chi connectivity index (χ4v) is 0.201. The maximum atomic E-state index is 10.0. The first-order chi connectivity index (χ1) is 3.18. The first-order valence-electron chi connectivity index (χ1n) is 2.23. The SMILES string of the molecule is CCC(N)C(N)=O.Cl.[NaH]. The molecule has 0 saturated heterocycles. The molecule has 0 aliphatic carbocycles. The Hall–Kier alpha value is 0.720. The van der Waals surface area contributed by atoms with Crippen LogP contribution >= 0.6 is 12.4 Å². The molecular formula is C4H12ClN2NaO. The summed E-state index contributed by atoms with van der Waals surface area (Å²) in [5, 5.41) is 0. The van der Waals surface area contributed by atoms with Crippen LogP contribution in [0.25, 0.3) is 0 Å². The Bertz CT molecular complexity index is 81.0. The summed E-state index contributed by atoms with van der Waals surface area (Å²) in [7, 11) is 0. The van der Waals surface area contributed by atoms with E-state index in [4.69, 9.17) is 11.5 Å². The average Bonchev–Trinajstić information content (AvgIpc) is 1.65. The minimum atomic E-state index is -0.458. The number of carbonyl (C=O) groups excluding carboxylic acids is 1. The molecule has 1 amide bonds. The number of hydrogen-bond acceptors (Lipinski definition) is 2. The fourth-order valence-electron chi connectivity index (χ4n) is 0.201. The summed E-state index contributed by atoms with van der Waals surface area (Å²) in [4.78, 5) is 10.0. The summed E-state index contributed by atoms with van der Waals surface area (Å²) >= 11 is 0. The Morgan fingerprint density at radius 3 is 2.00 bits per heavy atom. The number of hydrogen-bond donors (Lipinski definition) is 2. The van der Waals surface area contributed by atoms with Gasteiger partial charge in [-0.1, -0.05) is 6.92 Å². The molecule has 0 spiro atoms. The molecule has 9 heavy (non-hydrogen) atoms. The van der Waals surface area contributed by atoms with E-state index in [2.05, 4.69) is 0 Å². The number of rotatable bonds is 2. The molecule has 1 atom stereocenters. The van der Waals surface area contributed by atoms with Crippen molar-refractivity contribution in [1.82, 2.24) is 0 Å². The van der Waals surface area contributed by atoms with Gasteiger partial charge in [-0.15, -0.1) is 12.4 Å². The zero-order valence-electron chi connectivity index (χ0n) is 4.76. The van der Waals surface area contributed by atoms with Gasteiger partial charge in [0.2, 0.25) is 5.91 Å². The van der Waals surface area contributed by atoms with Crippen molar-refractivity contribution >= 4 is 47.9 Å². The molecule has 0 saturated carbocycles. The van der Waals surface area contributed by atoms with Crippen LogP contribution in [0.3, 0.4) is 0 Å². The van der Waals surface area contributed by atoms with E-state index in [1.54, 1.807) is 0 Å². The Balaban J connectivity index is -0.000000180. The van der Waals surface area contributed by atoms with Gasteiger partial charge < -0.3 is 11.5 Å². The standard InChI is InChI=1S/C4H10N2O.ClH.Na.H/c1-2-3(5)4(6)7;;;/h3H,2,5H2,1H3,(H2,6,7);1H;;. The van der Waals surface area contributed by atoms with Crippen molar-refractivity contribution < 1.29 is 4.79 Å². The van der Waals surface area contributed by atoms with E-state index in [-0.39, 0.29) is 42.0 Å². The molecule has 3 nitrogen and oxygen atoms in total. The molecule has 52 valence electrons. The van der Waals surface area contributed by atoms with Gasteiger partial charge in [-0.25, -0.2) is 0 Å². The van der Waals surface area contributed by atoms with Crippen LogP contribution in [0.5, 0.6) is 0 Å². The predicted octanol–water partition coefficient (Wildman–Crippen LogP) is -1.02. The summed E-state index contributed by atoms with van der Waals surface area (Å²) in [6, 6.07) is -0.458. The molecule has 4 N–H and O–H groups in total. The van der Waals surface area contributed by atoms with Crippen LogP contribution in [0, 0.1) is 0 Å². The summed E-state index contributed by atoms with van der Waals surface area (Å²) < 4.78 is 0. The summed E-state index contributed by atoms with van der Waals surface area (Å²) in [6.45, 7) is 1.81. The van der Waals surface area contributed by atoms with Gasteiger partial charge in [-0.2, -0.15) is 0 Å². The van der Waals surface area contributed by atoms with Gasteiger partial charge in [0.15, 0.2) is 0 Å². The van der Waals surface area contributed by atoms with Crippen LogP contribution in [0.1, 0.15) is 13.3 Å². The van der Waals surface area contributed by atoms with E-state index in [1.165, 1.54) is 0 Å². The first kappa shape index (κ1) is 16.4. The average molecular weight is 163 g/mol. The molecule has 0 heterocycles. The summed E-state index contributed by atoms with van der Waals surface area (Å²) in [5.74, 6) is -0.428. The van der Waals surface area contributed by atoms with Crippen molar-refractivity contribution in [3.63, 3.8) is 0 Å². The van der Waals surface area contributed by atoms with Gasteiger partial charge >= 0.3 is 29.6 Å². The van der Waals surface area contributed by atoms with Crippen LogP contribution in [0.2, 0.25) is 0 Å². The van der Waals surface area contributed by atoms with Gasteiger partial charge in [0.1, 0.15) is 0 Å². The molecule has 0 aromatic carbocycles. The molecule has 0 aliphatic rings. The summed E-state index contributed by atoms with van der Waals surface area (Å²) in [5.41, 5.74) is 9.92. The zero-order chi connectivity index (χ0) is 5.86. The van der Waals surface area contributed by atoms with Crippen molar-refractivity contribution in [3.8, 4) is 0 Å². The van der Waals surface area contributed by atoms with Crippen molar-refractivity contribution in [2.24, 2.45) is 11.5 Å². The Morgan fingerprint density at radius 1 is 1.67 bits per heavy atom. The third-order valence-electron chi connectivity index (χ3n) is 0.805. The Kier molecular flexibility index (Phi) is 15.9. The van der Waals surface area contributed by atoms with Gasteiger partial charge in [0.25, 0.3) is 0 Å². The van der Waals surface area contributed by atoms with Gasteiger partial charge in [-0.3, -0.25) is 4.79 Å². The number of carbonyl (C=O) groups is 1. The second-order valence-corrected chi connectivity index (χ2v) is 1.42. The van der Waals surface area contributed by atoms with Crippen molar-refractivity contribution in [1.29, 1.82) is 0 Å². The molecule has 0 aromatic heterocycles. The Morgan fingerprint density at radius 2 is 2.00 bits per heavy atom. The topological polar surface area (TPSA) is 69.1 Å². The van der Waals surface area contributed by atoms with Crippen molar-refractivity contribution in [3.05, 3.63) is 0 Å². The molecule has 0 aromatic rings. The number of primary amides is 1. The van der Waals surface area contributed by atoms with E-state index < -0.39 is 11.9 Å². The zero-order valence-corrected chi connectivity index (χ0v) is 5.57. The molecule has 5 heteroatoms.